The summed E-state index contributed by atoms with van der Waals surface area (Å²) in [4.78, 5) is 40.7. The summed E-state index contributed by atoms with van der Waals surface area (Å²) in [6, 6.07) is 7.99. The molecule has 0 spiro atoms. The van der Waals surface area contributed by atoms with Gasteiger partial charge in [-0.1, -0.05) is 29.8 Å². The van der Waals surface area contributed by atoms with E-state index in [9.17, 15) is 19.7 Å². The van der Waals surface area contributed by atoms with Gasteiger partial charge in [0, 0.05) is 22.0 Å². The first kappa shape index (κ1) is 26.5. The SMILES string of the molecule is CCOC(=O)[C@@H](C)Oc1c(Br)cc(C=Nn2c(C(C)C)nc3ccc(Br)cc3c2=O)cc1[N+](=O)[O-]. The summed E-state index contributed by atoms with van der Waals surface area (Å²) in [6.07, 6.45) is 0.273. The second-order valence-corrected chi connectivity index (χ2v) is 9.54. The van der Waals surface area contributed by atoms with Crippen LogP contribution in [0.15, 0.2) is 49.2 Å². The maximum Gasteiger partial charge on any atom is 0.347 e. The van der Waals surface area contributed by atoms with Crippen molar-refractivity contribution in [3.8, 4) is 5.75 Å². The molecule has 0 aliphatic carbocycles. The fourth-order valence-electron chi connectivity index (χ4n) is 3.19. The van der Waals surface area contributed by atoms with Gasteiger partial charge in [0.1, 0.15) is 5.82 Å². The number of nitrogens with zero attached hydrogens (tertiary/aromatic N) is 4. The van der Waals surface area contributed by atoms with Crippen molar-refractivity contribution < 1.29 is 19.2 Å². The van der Waals surface area contributed by atoms with Gasteiger partial charge < -0.3 is 9.47 Å². The number of hydrogen-bond donors (Lipinski definition) is 0. The van der Waals surface area contributed by atoms with Crippen molar-refractivity contribution >= 4 is 60.6 Å². The van der Waals surface area contributed by atoms with Crippen LogP contribution in [0.2, 0.25) is 0 Å². The monoisotopic (exact) mass is 608 g/mol. The topological polar surface area (TPSA) is 126 Å². The normalized spacial score (nSPS) is 12.3. The van der Waals surface area contributed by atoms with Crippen LogP contribution < -0.4 is 10.3 Å². The van der Waals surface area contributed by atoms with Crippen LogP contribution in [-0.4, -0.2) is 39.5 Å². The molecule has 0 N–H and O–H groups in total. The number of hydrogen-bond acceptors (Lipinski definition) is 8. The molecule has 0 amide bonds. The summed E-state index contributed by atoms with van der Waals surface area (Å²) in [5.74, 6) is -0.438. The number of halogens is 2. The van der Waals surface area contributed by atoms with E-state index in [1.807, 2.05) is 13.8 Å². The Hall–Kier alpha value is -3.12. The van der Waals surface area contributed by atoms with Gasteiger partial charge in [-0.25, -0.2) is 9.78 Å². The number of nitro groups is 1. The van der Waals surface area contributed by atoms with Gasteiger partial charge in [0.2, 0.25) is 5.75 Å². The highest BCUT2D eigenvalue weighted by atomic mass is 79.9. The van der Waals surface area contributed by atoms with Crippen LogP contribution in [0.25, 0.3) is 10.9 Å². The molecule has 1 heterocycles. The summed E-state index contributed by atoms with van der Waals surface area (Å²) in [7, 11) is 0. The third-order valence-corrected chi connectivity index (χ3v) is 5.91. The third-order valence-electron chi connectivity index (χ3n) is 4.83. The molecular formula is C23H22Br2N4O6. The highest BCUT2D eigenvalue weighted by Crippen LogP contribution is 2.37. The van der Waals surface area contributed by atoms with E-state index in [1.54, 1.807) is 25.1 Å². The number of rotatable bonds is 8. The number of ether oxygens (including phenoxy) is 2. The first-order chi connectivity index (χ1) is 16.5. The molecule has 35 heavy (non-hydrogen) atoms. The Morgan fingerprint density at radius 2 is 1.97 bits per heavy atom. The zero-order valence-electron chi connectivity index (χ0n) is 19.3. The smallest absolute Gasteiger partial charge is 0.347 e. The van der Waals surface area contributed by atoms with Crippen LogP contribution in [0, 0.1) is 10.1 Å². The summed E-state index contributed by atoms with van der Waals surface area (Å²) < 4.78 is 12.6. The van der Waals surface area contributed by atoms with E-state index >= 15 is 0 Å². The summed E-state index contributed by atoms with van der Waals surface area (Å²) in [5, 5.41) is 16.4. The van der Waals surface area contributed by atoms with Crippen LogP contribution in [0.4, 0.5) is 5.69 Å². The minimum atomic E-state index is -1.06. The average molecular weight is 610 g/mol. The summed E-state index contributed by atoms with van der Waals surface area (Å²) >= 11 is 6.63. The second kappa shape index (κ2) is 11.1. The Bertz CT molecular complexity index is 1390. The zero-order valence-corrected chi connectivity index (χ0v) is 22.5. The van der Waals surface area contributed by atoms with Crippen LogP contribution in [0.5, 0.6) is 5.75 Å². The molecule has 10 nitrogen and oxygen atoms in total. The van der Waals surface area contributed by atoms with E-state index in [0.717, 1.165) is 4.47 Å². The predicted octanol–water partition coefficient (Wildman–Crippen LogP) is 5.17. The Kier molecular flexibility index (Phi) is 8.39. The van der Waals surface area contributed by atoms with Gasteiger partial charge in [0.05, 0.1) is 33.1 Å². The highest BCUT2D eigenvalue weighted by molar-refractivity contribution is 9.10. The molecule has 0 radical (unpaired) electrons. The van der Waals surface area contributed by atoms with Gasteiger partial charge in [0.15, 0.2) is 6.10 Å². The summed E-state index contributed by atoms with van der Waals surface area (Å²) in [6.45, 7) is 7.02. The molecule has 3 rings (SSSR count). The molecule has 0 aliphatic heterocycles. The molecule has 1 atom stereocenters. The highest BCUT2D eigenvalue weighted by Gasteiger charge is 2.25. The molecule has 0 bridgehead atoms. The zero-order chi connectivity index (χ0) is 25.9. The Balaban J connectivity index is 2.07. The van der Waals surface area contributed by atoms with E-state index in [-0.39, 0.29) is 34.0 Å². The van der Waals surface area contributed by atoms with Crippen molar-refractivity contribution in [3.63, 3.8) is 0 Å². The summed E-state index contributed by atoms with van der Waals surface area (Å²) in [5.41, 5.74) is 0.126. The maximum atomic E-state index is 13.2. The van der Waals surface area contributed by atoms with Crippen LogP contribution in [-0.2, 0) is 9.53 Å². The van der Waals surface area contributed by atoms with Crippen molar-refractivity contribution in [2.45, 2.75) is 39.7 Å². The fraction of sp³-hybridized carbons (Fsp3) is 0.304. The third kappa shape index (κ3) is 5.93. The molecule has 2 aromatic carbocycles. The number of esters is 1. The molecule has 3 aromatic rings. The van der Waals surface area contributed by atoms with Crippen molar-refractivity contribution in [2.75, 3.05) is 6.61 Å². The lowest BCUT2D eigenvalue weighted by molar-refractivity contribution is -0.386. The number of carbonyl (C=O) groups is 1. The van der Waals surface area contributed by atoms with E-state index < -0.39 is 17.0 Å². The number of aromatic nitrogens is 2. The van der Waals surface area contributed by atoms with Crippen LogP contribution in [0.3, 0.4) is 0 Å². The van der Waals surface area contributed by atoms with E-state index in [2.05, 4.69) is 41.9 Å². The van der Waals surface area contributed by atoms with Crippen molar-refractivity contribution in [1.82, 2.24) is 9.66 Å². The maximum absolute atomic E-state index is 13.2. The molecule has 0 fully saturated rings. The minimum Gasteiger partial charge on any atom is -0.471 e. The predicted molar refractivity (Wildman–Crippen MR) is 138 cm³/mol. The second-order valence-electron chi connectivity index (χ2n) is 7.77. The Morgan fingerprint density at radius 1 is 1.26 bits per heavy atom. The van der Waals surface area contributed by atoms with E-state index in [1.165, 1.54) is 29.9 Å². The molecular weight excluding hydrogens is 588 g/mol. The van der Waals surface area contributed by atoms with Crippen LogP contribution >= 0.6 is 31.9 Å². The number of benzene rings is 2. The molecule has 0 aliphatic rings. The van der Waals surface area contributed by atoms with E-state index in [0.29, 0.717) is 22.3 Å². The lowest BCUT2D eigenvalue weighted by Crippen LogP contribution is -2.26. The van der Waals surface area contributed by atoms with Crippen molar-refractivity contribution in [3.05, 3.63) is 71.1 Å². The molecule has 0 saturated heterocycles. The Labute approximate surface area is 217 Å². The number of nitro benzene ring substituents is 1. The largest absolute Gasteiger partial charge is 0.471 e. The first-order valence-corrected chi connectivity index (χ1v) is 12.2. The minimum absolute atomic E-state index is 0.117. The van der Waals surface area contributed by atoms with Gasteiger partial charge in [0.25, 0.3) is 5.56 Å². The van der Waals surface area contributed by atoms with Crippen molar-refractivity contribution in [2.24, 2.45) is 5.10 Å². The van der Waals surface area contributed by atoms with Crippen LogP contribution in [0.1, 0.15) is 45.0 Å². The average Bonchev–Trinajstić information content (AvgIpc) is 2.79. The number of fused-ring (bicyclic) bond motifs is 1. The van der Waals surface area contributed by atoms with Gasteiger partial charge in [-0.15, -0.1) is 0 Å². The fourth-order valence-corrected chi connectivity index (χ4v) is 4.11. The van der Waals surface area contributed by atoms with Crippen molar-refractivity contribution in [1.29, 1.82) is 0 Å². The van der Waals surface area contributed by atoms with Gasteiger partial charge >= 0.3 is 11.7 Å². The lowest BCUT2D eigenvalue weighted by atomic mass is 10.2. The van der Waals surface area contributed by atoms with E-state index in [4.69, 9.17) is 9.47 Å². The number of carbonyl (C=O) groups excluding carboxylic acids is 1. The lowest BCUT2D eigenvalue weighted by Gasteiger charge is -2.15. The molecule has 0 unspecified atom stereocenters. The van der Waals surface area contributed by atoms with Gasteiger partial charge in [-0.2, -0.15) is 9.78 Å². The van der Waals surface area contributed by atoms with Gasteiger partial charge in [-0.05, 0) is 54.0 Å². The first-order valence-electron chi connectivity index (χ1n) is 10.6. The Morgan fingerprint density at radius 3 is 2.60 bits per heavy atom. The molecule has 12 heteroatoms. The standard InChI is InChI=1S/C23H22Br2N4O6/c1-5-34-23(31)13(4)35-20-17(25)8-14(9-19(20)29(32)33)11-26-28-21(12(2)3)27-18-7-6-15(24)10-16(18)22(28)30/h6-13H,5H2,1-4H3/t13-/m1/s1. The molecule has 0 saturated carbocycles. The molecule has 184 valence electrons. The molecule has 1 aromatic heterocycles. The van der Waals surface area contributed by atoms with Gasteiger partial charge in [-0.3, -0.25) is 14.9 Å². The quantitative estimate of drug-likeness (QED) is 0.149.